The molecule has 0 fully saturated rings. The van der Waals surface area contributed by atoms with E-state index in [9.17, 15) is 16.8 Å². The molecule has 0 unspecified atom stereocenters. The van der Waals surface area contributed by atoms with Crippen molar-refractivity contribution in [2.24, 2.45) is 0 Å². The van der Waals surface area contributed by atoms with Crippen molar-refractivity contribution in [2.45, 2.75) is 11.8 Å². The fourth-order valence-corrected chi connectivity index (χ4v) is 3.88. The first-order chi connectivity index (χ1) is 8.78. The standard InChI is InChI=1S/C10H15BrN2O4S2/c1-2-18(14,15)12-7-8-13-19(16,17)10-6-4-3-5-9(10)11/h3-6,12-13H,2,7-8H2,1H3. The highest BCUT2D eigenvalue weighted by atomic mass is 79.9. The van der Waals surface area contributed by atoms with Gasteiger partial charge in [-0.2, -0.15) is 0 Å². The zero-order valence-corrected chi connectivity index (χ0v) is 13.5. The Morgan fingerprint density at radius 2 is 1.63 bits per heavy atom. The molecule has 0 aliphatic heterocycles. The zero-order chi connectivity index (χ0) is 14.5. The van der Waals surface area contributed by atoms with Gasteiger partial charge in [0.25, 0.3) is 0 Å². The minimum absolute atomic E-state index is 0.0110. The smallest absolute Gasteiger partial charge is 0.214 e. The van der Waals surface area contributed by atoms with Crippen molar-refractivity contribution in [3.8, 4) is 0 Å². The minimum Gasteiger partial charge on any atom is -0.214 e. The topological polar surface area (TPSA) is 92.3 Å². The molecular weight excluding hydrogens is 356 g/mol. The molecule has 0 amide bonds. The van der Waals surface area contributed by atoms with Crippen LogP contribution in [0.15, 0.2) is 33.6 Å². The molecule has 0 atom stereocenters. The predicted molar refractivity (Wildman–Crippen MR) is 76.8 cm³/mol. The summed E-state index contributed by atoms with van der Waals surface area (Å²) >= 11 is 3.15. The lowest BCUT2D eigenvalue weighted by Gasteiger charge is -2.09. The summed E-state index contributed by atoms with van der Waals surface area (Å²) in [6.45, 7) is 1.51. The van der Waals surface area contributed by atoms with Crippen molar-refractivity contribution < 1.29 is 16.8 Å². The van der Waals surface area contributed by atoms with E-state index in [4.69, 9.17) is 0 Å². The number of sulfonamides is 2. The van der Waals surface area contributed by atoms with Crippen LogP contribution in [0.4, 0.5) is 0 Å². The number of hydrogen-bond acceptors (Lipinski definition) is 4. The summed E-state index contributed by atoms with van der Waals surface area (Å²) in [6, 6.07) is 6.40. The van der Waals surface area contributed by atoms with E-state index in [0.717, 1.165) is 0 Å². The fraction of sp³-hybridized carbons (Fsp3) is 0.400. The normalized spacial score (nSPS) is 12.5. The van der Waals surface area contributed by atoms with Crippen LogP contribution < -0.4 is 9.44 Å². The third kappa shape index (κ3) is 5.19. The van der Waals surface area contributed by atoms with Crippen LogP contribution in [-0.2, 0) is 20.0 Å². The van der Waals surface area contributed by atoms with Crippen LogP contribution in [0.25, 0.3) is 0 Å². The Labute approximate surface area is 121 Å². The first-order valence-electron chi connectivity index (χ1n) is 5.50. The Balaban J connectivity index is 2.61. The molecule has 0 saturated carbocycles. The maximum atomic E-state index is 11.9. The van der Waals surface area contributed by atoms with Crippen LogP contribution in [-0.4, -0.2) is 35.7 Å². The summed E-state index contributed by atoms with van der Waals surface area (Å²) < 4.78 is 51.2. The molecule has 0 radical (unpaired) electrons. The van der Waals surface area contributed by atoms with E-state index in [1.54, 1.807) is 18.2 Å². The Kier molecular flexibility index (Phi) is 5.93. The van der Waals surface area contributed by atoms with E-state index in [1.165, 1.54) is 13.0 Å². The van der Waals surface area contributed by atoms with E-state index in [1.807, 2.05) is 0 Å². The molecule has 108 valence electrons. The van der Waals surface area contributed by atoms with Gasteiger partial charge in [-0.1, -0.05) is 12.1 Å². The molecule has 19 heavy (non-hydrogen) atoms. The molecule has 2 N–H and O–H groups in total. The quantitative estimate of drug-likeness (QED) is 0.689. The van der Waals surface area contributed by atoms with Gasteiger partial charge in [-0.15, -0.1) is 0 Å². The SMILES string of the molecule is CCS(=O)(=O)NCCNS(=O)(=O)c1ccccc1Br. The van der Waals surface area contributed by atoms with Gasteiger partial charge in [-0.05, 0) is 35.0 Å². The first kappa shape index (κ1) is 16.6. The third-order valence-electron chi connectivity index (χ3n) is 2.25. The molecule has 9 heteroatoms. The van der Waals surface area contributed by atoms with E-state index < -0.39 is 20.0 Å². The molecule has 0 bridgehead atoms. The van der Waals surface area contributed by atoms with Crippen LogP contribution >= 0.6 is 15.9 Å². The minimum atomic E-state index is -3.65. The summed E-state index contributed by atoms with van der Waals surface area (Å²) in [7, 11) is -6.95. The van der Waals surface area contributed by atoms with E-state index in [-0.39, 0.29) is 23.7 Å². The van der Waals surface area contributed by atoms with Crippen LogP contribution in [0.2, 0.25) is 0 Å². The number of nitrogens with one attached hydrogen (secondary N) is 2. The van der Waals surface area contributed by atoms with Gasteiger partial charge < -0.3 is 0 Å². The summed E-state index contributed by atoms with van der Waals surface area (Å²) in [6.07, 6.45) is 0. The lowest BCUT2D eigenvalue weighted by atomic mass is 10.4. The maximum Gasteiger partial charge on any atom is 0.241 e. The number of halogens is 1. The van der Waals surface area contributed by atoms with Gasteiger partial charge in [-0.3, -0.25) is 0 Å². The van der Waals surface area contributed by atoms with Gasteiger partial charge in [0.15, 0.2) is 0 Å². The van der Waals surface area contributed by atoms with Gasteiger partial charge in [0.1, 0.15) is 0 Å². The van der Waals surface area contributed by atoms with Gasteiger partial charge in [0, 0.05) is 17.6 Å². The summed E-state index contributed by atoms with van der Waals surface area (Å²) in [5.74, 6) is -0.0377. The van der Waals surface area contributed by atoms with E-state index in [0.29, 0.717) is 4.47 Å². The average molecular weight is 371 g/mol. The van der Waals surface area contributed by atoms with Crippen molar-refractivity contribution in [1.29, 1.82) is 0 Å². The first-order valence-corrected chi connectivity index (χ1v) is 9.43. The Morgan fingerprint density at radius 1 is 1.05 bits per heavy atom. The number of hydrogen-bond donors (Lipinski definition) is 2. The highest BCUT2D eigenvalue weighted by Gasteiger charge is 2.16. The summed E-state index contributed by atoms with van der Waals surface area (Å²) in [5, 5.41) is 0. The summed E-state index contributed by atoms with van der Waals surface area (Å²) in [5.41, 5.74) is 0. The van der Waals surface area contributed by atoms with Crippen LogP contribution in [0, 0.1) is 0 Å². The van der Waals surface area contributed by atoms with Crippen molar-refractivity contribution in [1.82, 2.24) is 9.44 Å². The molecule has 0 aromatic heterocycles. The van der Waals surface area contributed by atoms with Gasteiger partial charge in [-0.25, -0.2) is 26.3 Å². The monoisotopic (exact) mass is 370 g/mol. The largest absolute Gasteiger partial charge is 0.241 e. The Morgan fingerprint density at radius 3 is 2.21 bits per heavy atom. The average Bonchev–Trinajstić information content (AvgIpc) is 2.35. The second-order valence-corrected chi connectivity index (χ2v) is 8.31. The van der Waals surface area contributed by atoms with Crippen LogP contribution in [0.5, 0.6) is 0 Å². The highest BCUT2D eigenvalue weighted by Crippen LogP contribution is 2.20. The molecule has 0 spiro atoms. The van der Waals surface area contributed by atoms with Crippen molar-refractivity contribution >= 4 is 36.0 Å². The van der Waals surface area contributed by atoms with Crippen LogP contribution in [0.1, 0.15) is 6.92 Å². The highest BCUT2D eigenvalue weighted by molar-refractivity contribution is 9.10. The van der Waals surface area contributed by atoms with Gasteiger partial charge in [0.05, 0.1) is 10.6 Å². The van der Waals surface area contributed by atoms with Crippen molar-refractivity contribution in [2.75, 3.05) is 18.8 Å². The molecule has 0 aliphatic carbocycles. The molecule has 0 heterocycles. The molecule has 1 aromatic carbocycles. The fourth-order valence-electron chi connectivity index (χ4n) is 1.23. The Hall–Kier alpha value is -0.480. The lowest BCUT2D eigenvalue weighted by molar-refractivity contribution is 0.571. The predicted octanol–water partition coefficient (Wildman–Crippen LogP) is 0.667. The third-order valence-corrected chi connectivity index (χ3v) is 6.12. The van der Waals surface area contributed by atoms with Crippen LogP contribution in [0.3, 0.4) is 0 Å². The van der Waals surface area contributed by atoms with Crippen molar-refractivity contribution in [3.63, 3.8) is 0 Å². The van der Waals surface area contributed by atoms with Gasteiger partial charge in [0.2, 0.25) is 20.0 Å². The second kappa shape index (κ2) is 6.80. The molecule has 1 rings (SSSR count). The number of rotatable bonds is 7. The maximum absolute atomic E-state index is 11.9. The molecule has 0 saturated heterocycles. The second-order valence-electron chi connectivity index (χ2n) is 3.63. The van der Waals surface area contributed by atoms with E-state index >= 15 is 0 Å². The van der Waals surface area contributed by atoms with Crippen molar-refractivity contribution in [3.05, 3.63) is 28.7 Å². The van der Waals surface area contributed by atoms with E-state index in [2.05, 4.69) is 25.4 Å². The Bertz CT molecular complexity index is 629. The molecule has 0 aliphatic rings. The zero-order valence-electron chi connectivity index (χ0n) is 10.3. The van der Waals surface area contributed by atoms with Gasteiger partial charge >= 0.3 is 0 Å². The summed E-state index contributed by atoms with van der Waals surface area (Å²) in [4.78, 5) is 0.119. The number of benzene rings is 1. The molecule has 1 aromatic rings. The molecular formula is C10H15BrN2O4S2. The lowest BCUT2D eigenvalue weighted by Crippen LogP contribution is -2.35. The molecule has 6 nitrogen and oxygen atoms in total.